The molecule has 0 unspecified atom stereocenters. The molecule has 0 bridgehead atoms. The van der Waals surface area contributed by atoms with Crippen molar-refractivity contribution in [3.8, 4) is 0 Å². The van der Waals surface area contributed by atoms with Crippen LogP contribution in [-0.2, 0) is 9.59 Å². The molecule has 1 atom stereocenters. The van der Waals surface area contributed by atoms with Crippen molar-refractivity contribution in [2.45, 2.75) is 39.0 Å². The zero-order chi connectivity index (χ0) is 12.4. The Bertz CT molecular complexity index is 365. The van der Waals surface area contributed by atoms with Crippen molar-refractivity contribution in [1.82, 2.24) is 4.90 Å². The van der Waals surface area contributed by atoms with Gasteiger partial charge < -0.3 is 10.0 Å². The average Bonchev–Trinajstić information content (AvgIpc) is 2.97. The summed E-state index contributed by atoms with van der Waals surface area (Å²) < 4.78 is 0. The predicted molar refractivity (Wildman–Crippen MR) is 63.5 cm³/mol. The summed E-state index contributed by atoms with van der Waals surface area (Å²) in [5.74, 6) is -1.11. The van der Waals surface area contributed by atoms with Crippen molar-refractivity contribution in [1.29, 1.82) is 0 Å². The predicted octanol–water partition coefficient (Wildman–Crippen LogP) is 1.81. The van der Waals surface area contributed by atoms with E-state index in [1.165, 1.54) is 18.4 Å². The van der Waals surface area contributed by atoms with Gasteiger partial charge in [-0.25, -0.2) is 0 Å². The molecular formula is C13H19NO3. The van der Waals surface area contributed by atoms with E-state index in [-0.39, 0.29) is 11.8 Å². The molecule has 4 heteroatoms. The maximum atomic E-state index is 12.2. The molecule has 2 fully saturated rings. The van der Waals surface area contributed by atoms with Gasteiger partial charge >= 0.3 is 5.97 Å². The summed E-state index contributed by atoms with van der Waals surface area (Å²) in [5, 5.41) is 8.91. The van der Waals surface area contributed by atoms with Gasteiger partial charge in [0.2, 0.25) is 5.91 Å². The maximum absolute atomic E-state index is 12.2. The number of carbonyl (C=O) groups excluding carboxylic acids is 1. The van der Waals surface area contributed by atoms with Crippen LogP contribution in [0.25, 0.3) is 0 Å². The van der Waals surface area contributed by atoms with Gasteiger partial charge in [0, 0.05) is 18.7 Å². The third-order valence-corrected chi connectivity index (χ3v) is 3.88. The first-order valence-electron chi connectivity index (χ1n) is 6.30. The number of likely N-dealkylation sites (tertiary alicyclic amines) is 1. The van der Waals surface area contributed by atoms with Crippen molar-refractivity contribution >= 4 is 11.9 Å². The van der Waals surface area contributed by atoms with E-state index in [0.29, 0.717) is 19.5 Å². The molecule has 1 N–H and O–H groups in total. The normalized spacial score (nSPS) is 24.2. The lowest BCUT2D eigenvalue weighted by molar-refractivity contribution is -0.141. The monoisotopic (exact) mass is 237 g/mol. The van der Waals surface area contributed by atoms with Crippen molar-refractivity contribution in [2.24, 2.45) is 5.92 Å². The highest BCUT2D eigenvalue weighted by molar-refractivity contribution is 5.94. The van der Waals surface area contributed by atoms with Crippen molar-refractivity contribution in [2.75, 3.05) is 13.1 Å². The molecule has 17 heavy (non-hydrogen) atoms. The summed E-state index contributed by atoms with van der Waals surface area (Å²) in [4.78, 5) is 24.7. The number of amides is 1. The van der Waals surface area contributed by atoms with Gasteiger partial charge in [-0.2, -0.15) is 0 Å². The number of allylic oxidation sites excluding steroid dienone is 1. The fourth-order valence-corrected chi connectivity index (χ4v) is 2.71. The second-order valence-electron chi connectivity index (χ2n) is 5.01. The summed E-state index contributed by atoms with van der Waals surface area (Å²) >= 11 is 0. The Hall–Kier alpha value is -1.32. The van der Waals surface area contributed by atoms with Gasteiger partial charge in [-0.15, -0.1) is 0 Å². The van der Waals surface area contributed by atoms with Crippen LogP contribution in [-0.4, -0.2) is 35.0 Å². The van der Waals surface area contributed by atoms with Crippen LogP contribution >= 0.6 is 0 Å². The summed E-state index contributed by atoms with van der Waals surface area (Å²) in [7, 11) is 0. The lowest BCUT2D eigenvalue weighted by Crippen LogP contribution is -2.30. The van der Waals surface area contributed by atoms with Gasteiger partial charge in [0.15, 0.2) is 0 Å². The molecule has 94 valence electrons. The highest BCUT2D eigenvalue weighted by atomic mass is 16.4. The standard InChI is InChI=1S/C13H19NO3/c1-9(10-4-2-3-5-10)12(15)14-7-6-11(8-14)13(16)17/h11H,2-8H2,1H3,(H,16,17)/t11-/m1/s1. The van der Waals surface area contributed by atoms with E-state index >= 15 is 0 Å². The third-order valence-electron chi connectivity index (χ3n) is 3.88. The van der Waals surface area contributed by atoms with Crippen LogP contribution in [0.2, 0.25) is 0 Å². The molecule has 0 radical (unpaired) electrons. The van der Waals surface area contributed by atoms with Gasteiger partial charge in [0.25, 0.3) is 0 Å². The molecular weight excluding hydrogens is 218 g/mol. The Morgan fingerprint density at radius 1 is 1.29 bits per heavy atom. The number of carbonyl (C=O) groups is 2. The lowest BCUT2D eigenvalue weighted by Gasteiger charge is -2.17. The van der Waals surface area contributed by atoms with Crippen molar-refractivity contribution < 1.29 is 14.7 Å². The van der Waals surface area contributed by atoms with Crippen LogP contribution in [0.15, 0.2) is 11.1 Å². The topological polar surface area (TPSA) is 57.6 Å². The largest absolute Gasteiger partial charge is 0.481 e. The molecule has 2 aliphatic rings. The van der Waals surface area contributed by atoms with Crippen LogP contribution in [0, 0.1) is 5.92 Å². The fourth-order valence-electron chi connectivity index (χ4n) is 2.71. The van der Waals surface area contributed by atoms with Gasteiger partial charge in [-0.1, -0.05) is 5.57 Å². The minimum atomic E-state index is -0.786. The number of aliphatic carboxylic acids is 1. The molecule has 0 spiro atoms. The quantitative estimate of drug-likeness (QED) is 0.745. The molecule has 2 rings (SSSR count). The fraction of sp³-hybridized carbons (Fsp3) is 0.692. The smallest absolute Gasteiger partial charge is 0.308 e. The Morgan fingerprint density at radius 3 is 2.47 bits per heavy atom. The Balaban J connectivity index is 2.02. The Labute approximate surface area is 101 Å². The molecule has 1 aliphatic carbocycles. The molecule has 1 heterocycles. The third kappa shape index (κ3) is 2.51. The number of carboxylic acids is 1. The van der Waals surface area contributed by atoms with Crippen LogP contribution in [0.4, 0.5) is 0 Å². The molecule has 0 aromatic heterocycles. The minimum absolute atomic E-state index is 0.0469. The van der Waals surface area contributed by atoms with E-state index in [0.717, 1.165) is 18.4 Å². The summed E-state index contributed by atoms with van der Waals surface area (Å²) in [6, 6.07) is 0. The number of rotatable bonds is 2. The average molecular weight is 237 g/mol. The first-order valence-corrected chi connectivity index (χ1v) is 6.30. The van der Waals surface area contributed by atoms with Crippen molar-refractivity contribution in [3.05, 3.63) is 11.1 Å². The molecule has 0 aromatic rings. The van der Waals surface area contributed by atoms with E-state index in [4.69, 9.17) is 5.11 Å². The summed E-state index contributed by atoms with van der Waals surface area (Å²) in [6.45, 7) is 2.84. The van der Waals surface area contributed by atoms with Crippen molar-refractivity contribution in [3.63, 3.8) is 0 Å². The zero-order valence-electron chi connectivity index (χ0n) is 10.2. The lowest BCUT2D eigenvalue weighted by atomic mass is 10.1. The van der Waals surface area contributed by atoms with E-state index in [1.54, 1.807) is 4.90 Å². The highest BCUT2D eigenvalue weighted by Gasteiger charge is 2.31. The van der Waals surface area contributed by atoms with Gasteiger partial charge in [-0.3, -0.25) is 9.59 Å². The summed E-state index contributed by atoms with van der Waals surface area (Å²) in [6.07, 6.45) is 5.01. The number of hydrogen-bond donors (Lipinski definition) is 1. The molecule has 1 saturated heterocycles. The minimum Gasteiger partial charge on any atom is -0.481 e. The number of hydrogen-bond acceptors (Lipinski definition) is 2. The Morgan fingerprint density at radius 2 is 1.94 bits per heavy atom. The number of nitrogens with zero attached hydrogens (tertiary/aromatic N) is 1. The highest BCUT2D eigenvalue weighted by Crippen LogP contribution is 2.28. The Kier molecular flexibility index (Phi) is 3.50. The van der Waals surface area contributed by atoms with Crippen LogP contribution < -0.4 is 0 Å². The molecule has 4 nitrogen and oxygen atoms in total. The van der Waals surface area contributed by atoms with E-state index in [9.17, 15) is 9.59 Å². The van der Waals surface area contributed by atoms with Gasteiger partial charge in [0.1, 0.15) is 0 Å². The van der Waals surface area contributed by atoms with Gasteiger partial charge in [-0.05, 0) is 39.0 Å². The molecule has 1 aliphatic heterocycles. The second kappa shape index (κ2) is 4.90. The zero-order valence-corrected chi connectivity index (χ0v) is 10.2. The first-order chi connectivity index (χ1) is 8.09. The molecule has 1 amide bonds. The molecule has 1 saturated carbocycles. The molecule has 0 aromatic carbocycles. The van der Waals surface area contributed by atoms with E-state index in [1.807, 2.05) is 6.92 Å². The summed E-state index contributed by atoms with van der Waals surface area (Å²) in [5.41, 5.74) is 2.13. The second-order valence-corrected chi connectivity index (χ2v) is 5.01. The van der Waals surface area contributed by atoms with Crippen LogP contribution in [0.1, 0.15) is 39.0 Å². The van der Waals surface area contributed by atoms with Crippen LogP contribution in [0.5, 0.6) is 0 Å². The first kappa shape index (κ1) is 12.1. The SMILES string of the molecule is CC(C(=O)N1CC[C@@H](C(=O)O)C1)=C1CCCC1. The maximum Gasteiger partial charge on any atom is 0.308 e. The van der Waals surface area contributed by atoms with E-state index < -0.39 is 5.97 Å². The van der Waals surface area contributed by atoms with E-state index in [2.05, 4.69) is 0 Å². The van der Waals surface area contributed by atoms with Gasteiger partial charge in [0.05, 0.1) is 5.92 Å². The number of carboxylic acid groups (broad SMARTS) is 1. The van der Waals surface area contributed by atoms with Crippen LogP contribution in [0.3, 0.4) is 0 Å².